The third-order valence-electron chi connectivity index (χ3n) is 2.09. The lowest BCUT2D eigenvalue weighted by Crippen LogP contribution is -2.06. The lowest BCUT2D eigenvalue weighted by atomic mass is 10.9. The SMILES string of the molecule is CCOP(=O)(CP(=O)(O)CP(=O)(OCC)OCC)OCC. The first-order valence-corrected chi connectivity index (χ1v) is 12.2. The van der Waals surface area contributed by atoms with Crippen LogP contribution in [-0.4, -0.2) is 43.1 Å². The lowest BCUT2D eigenvalue weighted by molar-refractivity contribution is 0.222. The molecule has 0 heterocycles. The maximum absolute atomic E-state index is 12.3. The Morgan fingerprint density at radius 2 is 0.905 bits per heavy atom. The van der Waals surface area contributed by atoms with Crippen molar-refractivity contribution in [3.8, 4) is 0 Å². The Bertz CT molecular complexity index is 382. The van der Waals surface area contributed by atoms with Crippen LogP contribution in [0.1, 0.15) is 27.7 Å². The molecule has 0 rings (SSSR count). The lowest BCUT2D eigenvalue weighted by Gasteiger charge is -2.23. The van der Waals surface area contributed by atoms with E-state index in [0.29, 0.717) is 0 Å². The third-order valence-corrected chi connectivity index (χ3v) is 11.0. The van der Waals surface area contributed by atoms with Gasteiger partial charge in [0.25, 0.3) is 0 Å². The van der Waals surface area contributed by atoms with Crippen molar-refractivity contribution < 1.29 is 36.7 Å². The fraction of sp³-hybridized carbons (Fsp3) is 1.00. The summed E-state index contributed by atoms with van der Waals surface area (Å²) in [4.78, 5) is 9.98. The molecule has 0 aromatic carbocycles. The first-order chi connectivity index (χ1) is 9.66. The largest absolute Gasteiger partial charge is 0.343 e. The van der Waals surface area contributed by atoms with E-state index in [1.54, 1.807) is 27.7 Å². The Labute approximate surface area is 126 Å². The molecule has 0 spiro atoms. The van der Waals surface area contributed by atoms with E-state index in [-0.39, 0.29) is 26.4 Å². The molecule has 0 fully saturated rings. The Morgan fingerprint density at radius 3 is 1.10 bits per heavy atom. The monoisotopic (exact) mass is 366 g/mol. The summed E-state index contributed by atoms with van der Waals surface area (Å²) < 4.78 is 56.7. The van der Waals surface area contributed by atoms with Crippen molar-refractivity contribution >= 4 is 22.6 Å². The summed E-state index contributed by atoms with van der Waals surface area (Å²) >= 11 is 0. The van der Waals surface area contributed by atoms with Gasteiger partial charge in [0.2, 0.25) is 7.37 Å². The summed E-state index contributed by atoms with van der Waals surface area (Å²) in [7, 11) is -11.5. The van der Waals surface area contributed by atoms with Crippen LogP contribution in [0, 0.1) is 0 Å². The maximum Gasteiger partial charge on any atom is 0.340 e. The van der Waals surface area contributed by atoms with Gasteiger partial charge < -0.3 is 23.0 Å². The van der Waals surface area contributed by atoms with Crippen LogP contribution in [0.15, 0.2) is 0 Å². The molecule has 0 bridgehead atoms. The van der Waals surface area contributed by atoms with Gasteiger partial charge in [-0.3, -0.25) is 13.7 Å². The molecule has 0 radical (unpaired) electrons. The average Bonchev–Trinajstić information content (AvgIpc) is 2.27. The molecule has 0 amide bonds. The van der Waals surface area contributed by atoms with Gasteiger partial charge in [-0.05, 0) is 27.7 Å². The highest BCUT2D eigenvalue weighted by molar-refractivity contribution is 7.80. The molecule has 128 valence electrons. The quantitative estimate of drug-likeness (QED) is 0.521. The van der Waals surface area contributed by atoms with Gasteiger partial charge in [-0.2, -0.15) is 0 Å². The van der Waals surface area contributed by atoms with Crippen LogP contribution in [0.25, 0.3) is 0 Å². The van der Waals surface area contributed by atoms with E-state index in [2.05, 4.69) is 0 Å². The summed E-state index contributed by atoms with van der Waals surface area (Å²) in [6.45, 7) is 6.69. The fourth-order valence-electron chi connectivity index (χ4n) is 1.61. The molecule has 1 N–H and O–H groups in total. The minimum absolute atomic E-state index is 0.0753. The van der Waals surface area contributed by atoms with E-state index in [9.17, 15) is 18.6 Å². The van der Waals surface area contributed by atoms with Gasteiger partial charge in [0, 0.05) is 0 Å². The van der Waals surface area contributed by atoms with Crippen LogP contribution in [-0.2, 0) is 31.8 Å². The van der Waals surface area contributed by atoms with Crippen molar-refractivity contribution in [1.29, 1.82) is 0 Å². The molecule has 11 heteroatoms. The van der Waals surface area contributed by atoms with E-state index < -0.39 is 34.4 Å². The smallest absolute Gasteiger partial charge is 0.340 e. The van der Waals surface area contributed by atoms with Gasteiger partial charge in [-0.1, -0.05) is 0 Å². The first kappa shape index (κ1) is 21.5. The standard InChI is InChI=1S/C10H25O8P3/c1-5-15-20(13,16-6-2)9-19(11,12)10-21(14,17-7-3)18-8-4/h5-10H2,1-4H3,(H,11,12). The maximum atomic E-state index is 12.3. The van der Waals surface area contributed by atoms with E-state index in [0.717, 1.165) is 0 Å². The first-order valence-electron chi connectivity index (χ1n) is 6.73. The summed E-state index contributed by atoms with van der Waals surface area (Å²) in [6, 6.07) is 0. The molecule has 0 unspecified atom stereocenters. The zero-order chi connectivity index (χ0) is 16.6. The van der Waals surface area contributed by atoms with Crippen molar-refractivity contribution in [2.24, 2.45) is 0 Å². The fourth-order valence-corrected chi connectivity index (χ4v) is 10.1. The van der Waals surface area contributed by atoms with E-state index >= 15 is 0 Å². The van der Waals surface area contributed by atoms with Crippen LogP contribution in [0.2, 0.25) is 0 Å². The molecule has 0 aliphatic heterocycles. The Kier molecular flexibility index (Phi) is 9.81. The van der Waals surface area contributed by atoms with E-state index in [1.807, 2.05) is 0 Å². The highest BCUT2D eigenvalue weighted by Gasteiger charge is 2.41. The van der Waals surface area contributed by atoms with E-state index in [4.69, 9.17) is 18.1 Å². The predicted molar refractivity (Wildman–Crippen MR) is 81.3 cm³/mol. The minimum atomic E-state index is -4.08. The van der Waals surface area contributed by atoms with Crippen LogP contribution >= 0.6 is 22.6 Å². The van der Waals surface area contributed by atoms with Crippen molar-refractivity contribution in [1.82, 2.24) is 0 Å². The summed E-state index contributed by atoms with van der Waals surface area (Å²) in [6.07, 6.45) is 0. The number of rotatable bonds is 12. The van der Waals surface area contributed by atoms with Crippen LogP contribution < -0.4 is 0 Å². The summed E-state index contributed by atoms with van der Waals surface area (Å²) in [5.74, 6) is -1.43. The Hall–Kier alpha value is 0.490. The zero-order valence-electron chi connectivity index (χ0n) is 12.9. The summed E-state index contributed by atoms with van der Waals surface area (Å²) in [5, 5.41) is 0. The van der Waals surface area contributed by atoms with Gasteiger partial charge in [-0.15, -0.1) is 0 Å². The van der Waals surface area contributed by atoms with Gasteiger partial charge >= 0.3 is 15.2 Å². The predicted octanol–water partition coefficient (Wildman–Crippen LogP) is 3.70. The van der Waals surface area contributed by atoms with Crippen molar-refractivity contribution in [2.45, 2.75) is 27.7 Å². The molecular weight excluding hydrogens is 341 g/mol. The van der Waals surface area contributed by atoms with E-state index in [1.165, 1.54) is 0 Å². The molecule has 0 aromatic heterocycles. The highest BCUT2D eigenvalue weighted by Crippen LogP contribution is 2.67. The Morgan fingerprint density at radius 1 is 0.667 bits per heavy atom. The van der Waals surface area contributed by atoms with Gasteiger partial charge in [0.05, 0.1) is 26.4 Å². The zero-order valence-corrected chi connectivity index (χ0v) is 15.6. The number of hydrogen-bond donors (Lipinski definition) is 1. The second-order valence-electron chi connectivity index (χ2n) is 4.02. The topological polar surface area (TPSA) is 108 Å². The van der Waals surface area contributed by atoms with Gasteiger partial charge in [-0.25, -0.2) is 0 Å². The molecule has 0 saturated carbocycles. The second-order valence-corrected chi connectivity index (χ2v) is 11.5. The molecule has 21 heavy (non-hydrogen) atoms. The van der Waals surface area contributed by atoms with Crippen molar-refractivity contribution in [3.63, 3.8) is 0 Å². The molecule has 0 aliphatic carbocycles. The minimum Gasteiger partial charge on any atom is -0.343 e. The molecule has 0 aromatic rings. The summed E-state index contributed by atoms with van der Waals surface area (Å²) in [5.41, 5.74) is 0. The number of hydrogen-bond acceptors (Lipinski definition) is 7. The van der Waals surface area contributed by atoms with Gasteiger partial charge in [0.15, 0.2) is 0 Å². The van der Waals surface area contributed by atoms with Crippen LogP contribution in [0.3, 0.4) is 0 Å². The van der Waals surface area contributed by atoms with Crippen molar-refractivity contribution in [2.75, 3.05) is 38.2 Å². The van der Waals surface area contributed by atoms with Crippen LogP contribution in [0.4, 0.5) is 0 Å². The molecule has 0 aliphatic rings. The van der Waals surface area contributed by atoms with Crippen LogP contribution in [0.5, 0.6) is 0 Å². The molecule has 0 atom stereocenters. The molecule has 0 saturated heterocycles. The Balaban J connectivity index is 5.06. The highest BCUT2D eigenvalue weighted by atomic mass is 31.3. The third kappa shape index (κ3) is 8.63. The average molecular weight is 366 g/mol. The van der Waals surface area contributed by atoms with Gasteiger partial charge in [0.1, 0.15) is 11.8 Å². The van der Waals surface area contributed by atoms with Crippen molar-refractivity contribution in [3.05, 3.63) is 0 Å². The normalized spacial score (nSPS) is 13.6. The molecule has 8 nitrogen and oxygen atoms in total. The second kappa shape index (κ2) is 9.59. The molecular formula is C10H25O8P3.